The summed E-state index contributed by atoms with van der Waals surface area (Å²) < 4.78 is 0. The molecule has 1 N–H and O–H groups in total. The van der Waals surface area contributed by atoms with Crippen LogP contribution in [-0.4, -0.2) is 24.5 Å². The first-order chi connectivity index (χ1) is 11.0. The number of benzene rings is 2. The Labute approximate surface area is 145 Å². The standard InChI is InChI=1S/C20H24OSSi/c1-17(21)16-19(22-18-10-6-4-7-11-18)14-15-23(2,3)20-12-8-5-9-13-20/h4-13,17,19,21H,16H2,1-3H3. The molecule has 0 radical (unpaired) electrons. The van der Waals surface area contributed by atoms with E-state index in [1.54, 1.807) is 11.8 Å². The summed E-state index contributed by atoms with van der Waals surface area (Å²) in [6, 6.07) is 20.9. The fourth-order valence-electron chi connectivity index (χ4n) is 2.30. The molecule has 23 heavy (non-hydrogen) atoms. The van der Waals surface area contributed by atoms with Crippen molar-refractivity contribution in [2.24, 2.45) is 0 Å². The minimum atomic E-state index is -1.77. The minimum absolute atomic E-state index is 0.118. The van der Waals surface area contributed by atoms with Gasteiger partial charge in [-0.05, 0) is 30.7 Å². The summed E-state index contributed by atoms with van der Waals surface area (Å²) >= 11 is 1.74. The third-order valence-electron chi connectivity index (χ3n) is 3.62. The van der Waals surface area contributed by atoms with Gasteiger partial charge in [-0.25, -0.2) is 0 Å². The first kappa shape index (κ1) is 17.9. The van der Waals surface area contributed by atoms with E-state index in [-0.39, 0.29) is 11.4 Å². The molecular formula is C20H24OSSi. The molecule has 0 aromatic heterocycles. The largest absolute Gasteiger partial charge is 0.393 e. The van der Waals surface area contributed by atoms with Crippen molar-refractivity contribution in [3.05, 3.63) is 60.7 Å². The highest BCUT2D eigenvalue weighted by Gasteiger charge is 2.21. The summed E-state index contributed by atoms with van der Waals surface area (Å²) in [7, 11) is -1.77. The Balaban J connectivity index is 2.18. The first-order valence-corrected chi connectivity index (χ1v) is 11.8. The molecule has 2 unspecified atom stereocenters. The highest BCUT2D eigenvalue weighted by molar-refractivity contribution is 8.00. The normalized spacial score (nSPS) is 13.7. The van der Waals surface area contributed by atoms with Crippen LogP contribution in [0.2, 0.25) is 13.1 Å². The molecule has 1 nitrogen and oxygen atoms in total. The van der Waals surface area contributed by atoms with Gasteiger partial charge in [0.2, 0.25) is 0 Å². The number of hydrogen-bond donors (Lipinski definition) is 1. The maximum absolute atomic E-state index is 9.78. The van der Waals surface area contributed by atoms with Crippen LogP contribution >= 0.6 is 11.8 Å². The van der Waals surface area contributed by atoms with Gasteiger partial charge < -0.3 is 5.11 Å². The van der Waals surface area contributed by atoms with Crippen LogP contribution in [0.3, 0.4) is 0 Å². The van der Waals surface area contributed by atoms with Crippen molar-refractivity contribution < 1.29 is 5.11 Å². The molecule has 0 spiro atoms. The molecule has 0 saturated heterocycles. The lowest BCUT2D eigenvalue weighted by Crippen LogP contribution is -2.40. The van der Waals surface area contributed by atoms with Gasteiger partial charge in [-0.2, -0.15) is 0 Å². The Morgan fingerprint density at radius 2 is 1.57 bits per heavy atom. The third kappa shape index (κ3) is 5.91. The van der Waals surface area contributed by atoms with Crippen molar-refractivity contribution in [3.63, 3.8) is 0 Å². The Morgan fingerprint density at radius 3 is 2.13 bits per heavy atom. The second kappa shape index (κ2) is 8.40. The number of aliphatic hydroxyl groups is 1. The first-order valence-electron chi connectivity index (χ1n) is 7.95. The van der Waals surface area contributed by atoms with Gasteiger partial charge in [0.05, 0.1) is 11.4 Å². The van der Waals surface area contributed by atoms with Gasteiger partial charge in [0.25, 0.3) is 0 Å². The van der Waals surface area contributed by atoms with Crippen LogP contribution in [-0.2, 0) is 0 Å². The van der Waals surface area contributed by atoms with Gasteiger partial charge in [0.1, 0.15) is 0 Å². The molecule has 0 fully saturated rings. The van der Waals surface area contributed by atoms with Gasteiger partial charge >= 0.3 is 0 Å². The fraction of sp³-hybridized carbons (Fsp3) is 0.300. The van der Waals surface area contributed by atoms with Crippen LogP contribution < -0.4 is 5.19 Å². The summed E-state index contributed by atoms with van der Waals surface area (Å²) in [6.45, 7) is 6.39. The molecular weight excluding hydrogens is 316 g/mol. The molecule has 2 atom stereocenters. The van der Waals surface area contributed by atoms with Crippen molar-refractivity contribution in [1.29, 1.82) is 0 Å². The Bertz CT molecular complexity index is 656. The lowest BCUT2D eigenvalue weighted by Gasteiger charge is -2.17. The lowest BCUT2D eigenvalue weighted by atomic mass is 10.2. The summed E-state index contributed by atoms with van der Waals surface area (Å²) in [4.78, 5) is 1.20. The summed E-state index contributed by atoms with van der Waals surface area (Å²) in [5.41, 5.74) is 3.56. The number of hydrogen-bond acceptors (Lipinski definition) is 2. The molecule has 0 saturated carbocycles. The molecule has 2 rings (SSSR count). The quantitative estimate of drug-likeness (QED) is 0.503. The Kier molecular flexibility index (Phi) is 6.53. The van der Waals surface area contributed by atoms with E-state index in [9.17, 15) is 5.11 Å². The van der Waals surface area contributed by atoms with Crippen LogP contribution in [0, 0.1) is 11.5 Å². The predicted octanol–water partition coefficient (Wildman–Crippen LogP) is 4.08. The van der Waals surface area contributed by atoms with Crippen LogP contribution in [0.1, 0.15) is 13.3 Å². The van der Waals surface area contributed by atoms with E-state index in [4.69, 9.17) is 0 Å². The number of rotatable bonds is 5. The van der Waals surface area contributed by atoms with Crippen molar-refractivity contribution in [1.82, 2.24) is 0 Å². The zero-order valence-electron chi connectivity index (χ0n) is 14.0. The molecule has 0 heterocycles. The van der Waals surface area contributed by atoms with Crippen molar-refractivity contribution in [2.75, 3.05) is 0 Å². The van der Waals surface area contributed by atoms with Gasteiger partial charge in [-0.1, -0.05) is 67.5 Å². The van der Waals surface area contributed by atoms with E-state index in [2.05, 4.69) is 61.0 Å². The third-order valence-corrected chi connectivity index (χ3v) is 7.30. The zero-order chi connectivity index (χ0) is 16.7. The molecule has 0 amide bonds. The molecule has 0 bridgehead atoms. The lowest BCUT2D eigenvalue weighted by molar-refractivity contribution is 0.188. The fourth-order valence-corrected chi connectivity index (χ4v) is 5.24. The molecule has 3 heteroatoms. The average molecular weight is 341 g/mol. The van der Waals surface area contributed by atoms with E-state index in [0.29, 0.717) is 6.42 Å². The molecule has 120 valence electrons. The predicted molar refractivity (Wildman–Crippen MR) is 104 cm³/mol. The average Bonchev–Trinajstić information content (AvgIpc) is 2.54. The SMILES string of the molecule is CC(O)CC(C#C[Si](C)(C)c1ccccc1)Sc1ccccc1. The van der Waals surface area contributed by atoms with E-state index >= 15 is 0 Å². The van der Waals surface area contributed by atoms with Crippen molar-refractivity contribution in [2.45, 2.75) is 42.7 Å². The van der Waals surface area contributed by atoms with Crippen molar-refractivity contribution in [3.8, 4) is 11.5 Å². The number of thioether (sulfide) groups is 1. The monoisotopic (exact) mass is 340 g/mol. The van der Waals surface area contributed by atoms with Crippen molar-refractivity contribution >= 4 is 25.0 Å². The van der Waals surface area contributed by atoms with Gasteiger partial charge in [-0.15, -0.1) is 17.3 Å². The zero-order valence-corrected chi connectivity index (χ0v) is 15.8. The second-order valence-corrected chi connectivity index (χ2v) is 11.6. The molecule has 2 aromatic rings. The summed E-state index contributed by atoms with van der Waals surface area (Å²) in [5, 5.41) is 11.3. The molecule has 0 aliphatic carbocycles. The van der Waals surface area contributed by atoms with Gasteiger partial charge in [-0.3, -0.25) is 0 Å². The Morgan fingerprint density at radius 1 is 1.00 bits per heavy atom. The Hall–Kier alpha value is -1.47. The van der Waals surface area contributed by atoms with E-state index in [1.165, 1.54) is 10.1 Å². The van der Waals surface area contributed by atoms with Crippen LogP contribution in [0.5, 0.6) is 0 Å². The smallest absolute Gasteiger partial charge is 0.162 e. The highest BCUT2D eigenvalue weighted by Crippen LogP contribution is 2.25. The van der Waals surface area contributed by atoms with Gasteiger partial charge in [0.15, 0.2) is 8.07 Å². The molecule has 0 aliphatic rings. The highest BCUT2D eigenvalue weighted by atomic mass is 32.2. The van der Waals surface area contributed by atoms with Gasteiger partial charge in [0, 0.05) is 4.90 Å². The molecule has 2 aromatic carbocycles. The van der Waals surface area contributed by atoms with E-state index in [0.717, 1.165) is 0 Å². The topological polar surface area (TPSA) is 20.2 Å². The van der Waals surface area contributed by atoms with Crippen LogP contribution in [0.25, 0.3) is 0 Å². The minimum Gasteiger partial charge on any atom is -0.393 e. The van der Waals surface area contributed by atoms with Crippen LogP contribution in [0.4, 0.5) is 0 Å². The van der Waals surface area contributed by atoms with Crippen LogP contribution in [0.15, 0.2) is 65.6 Å². The second-order valence-electron chi connectivity index (χ2n) is 6.26. The number of aliphatic hydroxyl groups excluding tert-OH is 1. The summed E-state index contributed by atoms with van der Waals surface area (Å²) in [5.74, 6) is 3.45. The maximum Gasteiger partial charge on any atom is 0.162 e. The van der Waals surface area contributed by atoms with E-state index < -0.39 is 8.07 Å². The van der Waals surface area contributed by atoms with E-state index in [1.807, 2.05) is 31.2 Å². The maximum atomic E-state index is 9.78. The summed E-state index contributed by atoms with van der Waals surface area (Å²) in [6.07, 6.45) is 0.346. The molecule has 0 aliphatic heterocycles.